The van der Waals surface area contributed by atoms with Gasteiger partial charge in [0, 0.05) is 24.0 Å². The third kappa shape index (κ3) is 4.91. The van der Waals surface area contributed by atoms with Gasteiger partial charge < -0.3 is 16.0 Å². The normalized spacial score (nSPS) is 10.0. The largest absolute Gasteiger partial charge is 0.326 e. The van der Waals surface area contributed by atoms with Crippen LogP contribution in [0.3, 0.4) is 0 Å². The molecule has 0 saturated heterocycles. The minimum absolute atomic E-state index is 0.215. The van der Waals surface area contributed by atoms with Crippen molar-refractivity contribution < 1.29 is 14.4 Å². The molecule has 2 aromatic carbocycles. The zero-order chi connectivity index (χ0) is 18.4. The number of rotatable bonds is 4. The standard InChI is InChI=1S/C19H21N3O3/c1-4-14-8-5-7-12(2)17(14)22-19(25)18(24)21-16-10-6-9-15(11-16)20-13(3)23/h5-11H,4H2,1-3H3,(H,20,23)(H,21,24)(H,22,25). The molecule has 25 heavy (non-hydrogen) atoms. The number of aryl methyl sites for hydroxylation is 2. The molecule has 3 amide bonds. The maximum atomic E-state index is 12.2. The van der Waals surface area contributed by atoms with Crippen molar-refractivity contribution in [1.29, 1.82) is 0 Å². The first-order valence-corrected chi connectivity index (χ1v) is 7.99. The Morgan fingerprint density at radius 2 is 1.48 bits per heavy atom. The molecule has 0 radical (unpaired) electrons. The van der Waals surface area contributed by atoms with Crippen LogP contribution in [0.4, 0.5) is 17.1 Å². The van der Waals surface area contributed by atoms with Crippen LogP contribution < -0.4 is 16.0 Å². The summed E-state index contributed by atoms with van der Waals surface area (Å²) >= 11 is 0. The second-order valence-electron chi connectivity index (χ2n) is 5.63. The number of amides is 3. The molecule has 6 nitrogen and oxygen atoms in total. The van der Waals surface area contributed by atoms with Crippen LogP contribution in [-0.2, 0) is 20.8 Å². The molecule has 2 rings (SSSR count). The molecule has 0 bridgehead atoms. The fourth-order valence-electron chi connectivity index (χ4n) is 2.44. The lowest BCUT2D eigenvalue weighted by molar-refractivity contribution is -0.133. The molecule has 0 aliphatic rings. The van der Waals surface area contributed by atoms with E-state index in [-0.39, 0.29) is 5.91 Å². The number of carbonyl (C=O) groups is 3. The summed E-state index contributed by atoms with van der Waals surface area (Å²) < 4.78 is 0. The SMILES string of the molecule is CCc1cccc(C)c1NC(=O)C(=O)Nc1cccc(NC(C)=O)c1. The predicted octanol–water partition coefficient (Wildman–Crippen LogP) is 3.09. The zero-order valence-electron chi connectivity index (χ0n) is 14.5. The van der Waals surface area contributed by atoms with Gasteiger partial charge >= 0.3 is 11.8 Å². The molecule has 0 spiro atoms. The van der Waals surface area contributed by atoms with E-state index in [9.17, 15) is 14.4 Å². The van der Waals surface area contributed by atoms with Gasteiger partial charge in [-0.15, -0.1) is 0 Å². The van der Waals surface area contributed by atoms with Gasteiger partial charge in [0.1, 0.15) is 0 Å². The minimum atomic E-state index is -0.773. The van der Waals surface area contributed by atoms with Crippen LogP contribution in [0.5, 0.6) is 0 Å². The fraction of sp³-hybridized carbons (Fsp3) is 0.211. The van der Waals surface area contributed by atoms with Gasteiger partial charge in [0.15, 0.2) is 0 Å². The van der Waals surface area contributed by atoms with Crippen LogP contribution in [0, 0.1) is 6.92 Å². The Morgan fingerprint density at radius 1 is 0.880 bits per heavy atom. The van der Waals surface area contributed by atoms with Gasteiger partial charge in [-0.05, 0) is 42.7 Å². The molecule has 0 unspecified atom stereocenters. The van der Waals surface area contributed by atoms with Gasteiger partial charge in [-0.2, -0.15) is 0 Å². The van der Waals surface area contributed by atoms with E-state index in [1.54, 1.807) is 24.3 Å². The summed E-state index contributed by atoms with van der Waals surface area (Å²) in [6, 6.07) is 12.3. The Balaban J connectivity index is 2.09. The fourth-order valence-corrected chi connectivity index (χ4v) is 2.44. The molecule has 0 heterocycles. The van der Waals surface area contributed by atoms with Crippen molar-refractivity contribution in [2.75, 3.05) is 16.0 Å². The number of benzene rings is 2. The summed E-state index contributed by atoms with van der Waals surface area (Å²) in [6.07, 6.45) is 0.748. The molecule has 3 N–H and O–H groups in total. The lowest BCUT2D eigenvalue weighted by atomic mass is 10.1. The third-order valence-corrected chi connectivity index (χ3v) is 3.63. The van der Waals surface area contributed by atoms with Crippen molar-refractivity contribution in [3.63, 3.8) is 0 Å². The number of hydrogen-bond donors (Lipinski definition) is 3. The van der Waals surface area contributed by atoms with Crippen molar-refractivity contribution in [3.05, 3.63) is 53.6 Å². The van der Waals surface area contributed by atoms with Gasteiger partial charge in [-0.1, -0.05) is 31.2 Å². The molecule has 2 aromatic rings. The van der Waals surface area contributed by atoms with Crippen molar-refractivity contribution in [2.24, 2.45) is 0 Å². The van der Waals surface area contributed by atoms with Gasteiger partial charge in [0.2, 0.25) is 5.91 Å². The highest BCUT2D eigenvalue weighted by Crippen LogP contribution is 2.21. The Morgan fingerprint density at radius 3 is 2.12 bits per heavy atom. The van der Waals surface area contributed by atoms with E-state index < -0.39 is 11.8 Å². The maximum Gasteiger partial charge on any atom is 0.314 e. The molecule has 0 saturated carbocycles. The van der Waals surface area contributed by atoms with Crippen LogP contribution in [0.2, 0.25) is 0 Å². The van der Waals surface area contributed by atoms with E-state index in [4.69, 9.17) is 0 Å². The van der Waals surface area contributed by atoms with Crippen LogP contribution in [0.1, 0.15) is 25.0 Å². The summed E-state index contributed by atoms with van der Waals surface area (Å²) in [7, 11) is 0. The topological polar surface area (TPSA) is 87.3 Å². The van der Waals surface area contributed by atoms with Gasteiger partial charge in [0.25, 0.3) is 0 Å². The summed E-state index contributed by atoms with van der Waals surface area (Å²) in [6.45, 7) is 5.26. The number of anilines is 3. The van der Waals surface area contributed by atoms with Crippen LogP contribution in [0.25, 0.3) is 0 Å². The van der Waals surface area contributed by atoms with Crippen LogP contribution in [-0.4, -0.2) is 17.7 Å². The van der Waals surface area contributed by atoms with Crippen molar-refractivity contribution >= 4 is 34.8 Å². The molecular weight excluding hydrogens is 318 g/mol. The summed E-state index contributed by atoms with van der Waals surface area (Å²) in [5.41, 5.74) is 3.49. The smallest absolute Gasteiger partial charge is 0.314 e. The number of hydrogen-bond acceptors (Lipinski definition) is 3. The third-order valence-electron chi connectivity index (χ3n) is 3.63. The second kappa shape index (κ2) is 8.10. The van der Waals surface area contributed by atoms with E-state index in [1.165, 1.54) is 6.92 Å². The summed E-state index contributed by atoms with van der Waals surface area (Å²) in [4.78, 5) is 35.4. The molecule has 0 aromatic heterocycles. The molecule has 0 atom stereocenters. The zero-order valence-corrected chi connectivity index (χ0v) is 14.5. The van der Waals surface area contributed by atoms with E-state index in [2.05, 4.69) is 16.0 Å². The first-order valence-electron chi connectivity index (χ1n) is 7.99. The van der Waals surface area contributed by atoms with Crippen molar-refractivity contribution in [1.82, 2.24) is 0 Å². The van der Waals surface area contributed by atoms with E-state index in [1.807, 2.05) is 32.0 Å². The Kier molecular flexibility index (Phi) is 5.89. The lowest BCUT2D eigenvalue weighted by Crippen LogP contribution is -2.29. The molecule has 0 aliphatic heterocycles. The van der Waals surface area contributed by atoms with E-state index in [0.717, 1.165) is 17.5 Å². The van der Waals surface area contributed by atoms with Gasteiger partial charge in [-0.25, -0.2) is 0 Å². The average molecular weight is 339 g/mol. The van der Waals surface area contributed by atoms with E-state index >= 15 is 0 Å². The second-order valence-corrected chi connectivity index (χ2v) is 5.63. The van der Waals surface area contributed by atoms with Crippen molar-refractivity contribution in [2.45, 2.75) is 27.2 Å². The van der Waals surface area contributed by atoms with Crippen LogP contribution >= 0.6 is 0 Å². The Labute approximate surface area is 146 Å². The first kappa shape index (κ1) is 18.2. The molecule has 6 heteroatoms. The first-order chi connectivity index (χ1) is 11.9. The summed E-state index contributed by atoms with van der Waals surface area (Å²) in [5.74, 6) is -1.73. The molecule has 0 aliphatic carbocycles. The Bertz CT molecular complexity index is 815. The molecule has 0 fully saturated rings. The minimum Gasteiger partial charge on any atom is -0.326 e. The lowest BCUT2D eigenvalue weighted by Gasteiger charge is -2.13. The Hall–Kier alpha value is -3.15. The average Bonchev–Trinajstić information content (AvgIpc) is 2.56. The summed E-state index contributed by atoms with van der Waals surface area (Å²) in [5, 5.41) is 7.83. The van der Waals surface area contributed by atoms with Gasteiger partial charge in [-0.3, -0.25) is 14.4 Å². The quantitative estimate of drug-likeness (QED) is 0.748. The highest BCUT2D eigenvalue weighted by atomic mass is 16.2. The maximum absolute atomic E-state index is 12.2. The number of para-hydroxylation sites is 1. The molecule has 130 valence electrons. The van der Waals surface area contributed by atoms with E-state index in [0.29, 0.717) is 17.1 Å². The monoisotopic (exact) mass is 339 g/mol. The molecular formula is C19H21N3O3. The number of carbonyl (C=O) groups excluding carboxylic acids is 3. The number of nitrogens with one attached hydrogen (secondary N) is 3. The van der Waals surface area contributed by atoms with Gasteiger partial charge in [0.05, 0.1) is 0 Å². The highest BCUT2D eigenvalue weighted by Gasteiger charge is 2.16. The van der Waals surface area contributed by atoms with Crippen molar-refractivity contribution in [3.8, 4) is 0 Å². The van der Waals surface area contributed by atoms with Crippen LogP contribution in [0.15, 0.2) is 42.5 Å². The predicted molar refractivity (Wildman–Crippen MR) is 98.6 cm³/mol. The highest BCUT2D eigenvalue weighted by molar-refractivity contribution is 6.43.